The minimum Gasteiger partial charge on any atom is -0.313 e. The third-order valence-electron chi connectivity index (χ3n) is 2.66. The van der Waals surface area contributed by atoms with Crippen molar-refractivity contribution in [2.75, 3.05) is 12.3 Å². The van der Waals surface area contributed by atoms with Crippen molar-refractivity contribution >= 4 is 11.8 Å². The van der Waals surface area contributed by atoms with Gasteiger partial charge < -0.3 is 5.32 Å². The second kappa shape index (κ2) is 8.54. The smallest absolute Gasteiger partial charge is 0.0960 e. The molecule has 1 unspecified atom stereocenters. The number of nitrogens with one attached hydrogen (secondary N) is 1. The van der Waals surface area contributed by atoms with Crippen LogP contribution in [0, 0.1) is 5.92 Å². The average Bonchev–Trinajstić information content (AvgIpc) is 2.33. The van der Waals surface area contributed by atoms with Crippen LogP contribution in [0.2, 0.25) is 0 Å². The lowest BCUT2D eigenvalue weighted by Crippen LogP contribution is -2.28. The second-order valence-corrected chi connectivity index (χ2v) is 5.96. The Morgan fingerprint density at radius 3 is 2.71 bits per heavy atom. The van der Waals surface area contributed by atoms with E-state index in [1.165, 1.54) is 12.8 Å². The summed E-state index contributed by atoms with van der Waals surface area (Å²) in [6.07, 6.45) is 4.43. The highest BCUT2D eigenvalue weighted by Crippen LogP contribution is 2.13. The first-order valence-corrected chi connectivity index (χ1v) is 7.44. The maximum Gasteiger partial charge on any atom is 0.0960 e. The van der Waals surface area contributed by atoms with E-state index in [9.17, 15) is 0 Å². The van der Waals surface area contributed by atoms with Gasteiger partial charge in [0.15, 0.2) is 0 Å². The summed E-state index contributed by atoms with van der Waals surface area (Å²) in [5.41, 5.74) is 0. The van der Waals surface area contributed by atoms with Crippen molar-refractivity contribution in [3.8, 4) is 0 Å². The molecule has 0 aromatic carbocycles. The van der Waals surface area contributed by atoms with Crippen LogP contribution in [0.1, 0.15) is 33.6 Å². The van der Waals surface area contributed by atoms with Crippen molar-refractivity contribution in [3.05, 3.63) is 24.4 Å². The molecule has 1 atom stereocenters. The van der Waals surface area contributed by atoms with Crippen LogP contribution in [0.25, 0.3) is 0 Å². The molecule has 0 spiro atoms. The van der Waals surface area contributed by atoms with Gasteiger partial charge in [-0.2, -0.15) is 0 Å². The highest BCUT2D eigenvalue weighted by atomic mass is 32.2. The molecule has 0 saturated carbocycles. The van der Waals surface area contributed by atoms with Gasteiger partial charge in [-0.1, -0.05) is 19.9 Å². The molecule has 1 N–H and O–H groups in total. The summed E-state index contributed by atoms with van der Waals surface area (Å²) in [5, 5.41) is 4.67. The first-order valence-electron chi connectivity index (χ1n) is 6.45. The first-order chi connectivity index (χ1) is 8.18. The fourth-order valence-electron chi connectivity index (χ4n) is 1.58. The van der Waals surface area contributed by atoms with E-state index in [0.717, 1.165) is 23.2 Å². The molecule has 96 valence electrons. The van der Waals surface area contributed by atoms with Crippen LogP contribution in [0.15, 0.2) is 29.4 Å². The molecule has 0 fully saturated rings. The lowest BCUT2D eigenvalue weighted by molar-refractivity contribution is 0.460. The minimum atomic E-state index is 0.627. The Kier molecular flexibility index (Phi) is 7.29. The molecule has 2 nitrogen and oxygen atoms in total. The molecule has 0 saturated heterocycles. The third kappa shape index (κ3) is 7.40. The Hall–Kier alpha value is -0.540. The minimum absolute atomic E-state index is 0.627. The Bertz CT molecular complexity index is 288. The number of nitrogens with zero attached hydrogens (tertiary/aromatic N) is 1. The highest BCUT2D eigenvalue weighted by molar-refractivity contribution is 7.99. The summed E-state index contributed by atoms with van der Waals surface area (Å²) in [6.45, 7) is 7.89. The largest absolute Gasteiger partial charge is 0.313 e. The van der Waals surface area contributed by atoms with Crippen molar-refractivity contribution < 1.29 is 0 Å². The number of pyridine rings is 1. The number of hydrogen-bond acceptors (Lipinski definition) is 3. The third-order valence-corrected chi connectivity index (χ3v) is 3.61. The van der Waals surface area contributed by atoms with Crippen molar-refractivity contribution in [2.45, 2.75) is 44.7 Å². The predicted molar refractivity (Wildman–Crippen MR) is 76.5 cm³/mol. The van der Waals surface area contributed by atoms with Gasteiger partial charge in [0.05, 0.1) is 5.03 Å². The molecule has 17 heavy (non-hydrogen) atoms. The van der Waals surface area contributed by atoms with Gasteiger partial charge in [0.1, 0.15) is 0 Å². The molecule has 1 aromatic heterocycles. The van der Waals surface area contributed by atoms with Crippen LogP contribution in [-0.2, 0) is 0 Å². The zero-order valence-electron chi connectivity index (χ0n) is 11.1. The molecule has 3 heteroatoms. The summed E-state index contributed by atoms with van der Waals surface area (Å²) in [4.78, 5) is 4.29. The van der Waals surface area contributed by atoms with Gasteiger partial charge in [-0.25, -0.2) is 4.98 Å². The molecule has 1 heterocycles. The molecule has 0 bridgehead atoms. The van der Waals surface area contributed by atoms with E-state index in [1.807, 2.05) is 30.1 Å². The van der Waals surface area contributed by atoms with E-state index in [-0.39, 0.29) is 0 Å². The van der Waals surface area contributed by atoms with Gasteiger partial charge >= 0.3 is 0 Å². The Morgan fingerprint density at radius 1 is 1.24 bits per heavy atom. The van der Waals surface area contributed by atoms with Gasteiger partial charge in [-0.05, 0) is 37.8 Å². The topological polar surface area (TPSA) is 24.9 Å². The van der Waals surface area contributed by atoms with Crippen LogP contribution in [-0.4, -0.2) is 23.3 Å². The molecule has 0 aliphatic heterocycles. The summed E-state index contributed by atoms with van der Waals surface area (Å²) in [6, 6.07) is 6.68. The van der Waals surface area contributed by atoms with E-state index in [1.54, 1.807) is 0 Å². The van der Waals surface area contributed by atoms with Crippen LogP contribution in [0.5, 0.6) is 0 Å². The SMILES string of the molecule is CC(C)CCC(C)NCCSc1ccccn1. The van der Waals surface area contributed by atoms with Crippen molar-refractivity contribution in [3.63, 3.8) is 0 Å². The lowest BCUT2D eigenvalue weighted by Gasteiger charge is -2.14. The summed E-state index contributed by atoms with van der Waals surface area (Å²) in [7, 11) is 0. The molecule has 1 rings (SSSR count). The lowest BCUT2D eigenvalue weighted by atomic mass is 10.0. The maximum absolute atomic E-state index is 4.29. The number of thioether (sulfide) groups is 1. The molecule has 0 radical (unpaired) electrons. The second-order valence-electron chi connectivity index (χ2n) is 4.84. The molecule has 1 aromatic rings. The van der Waals surface area contributed by atoms with Gasteiger partial charge in [0, 0.05) is 24.5 Å². The zero-order chi connectivity index (χ0) is 12.5. The van der Waals surface area contributed by atoms with E-state index in [4.69, 9.17) is 0 Å². The summed E-state index contributed by atoms with van der Waals surface area (Å²) in [5.74, 6) is 1.89. The maximum atomic E-state index is 4.29. The van der Waals surface area contributed by atoms with E-state index < -0.39 is 0 Å². The van der Waals surface area contributed by atoms with Gasteiger partial charge in [0.2, 0.25) is 0 Å². The Morgan fingerprint density at radius 2 is 2.06 bits per heavy atom. The average molecular weight is 252 g/mol. The fraction of sp³-hybridized carbons (Fsp3) is 0.643. The molecular weight excluding hydrogens is 228 g/mol. The fourth-order valence-corrected chi connectivity index (χ4v) is 2.32. The highest BCUT2D eigenvalue weighted by Gasteiger charge is 2.02. The van der Waals surface area contributed by atoms with E-state index in [0.29, 0.717) is 6.04 Å². The van der Waals surface area contributed by atoms with Crippen LogP contribution in [0.4, 0.5) is 0 Å². The number of rotatable bonds is 8. The molecule has 0 aliphatic rings. The predicted octanol–water partition coefficient (Wildman–Crippen LogP) is 3.59. The van der Waals surface area contributed by atoms with Gasteiger partial charge in [-0.3, -0.25) is 0 Å². The first kappa shape index (κ1) is 14.5. The molecule has 0 amide bonds. The van der Waals surface area contributed by atoms with Gasteiger partial charge in [0.25, 0.3) is 0 Å². The van der Waals surface area contributed by atoms with Crippen LogP contribution < -0.4 is 5.32 Å². The van der Waals surface area contributed by atoms with E-state index >= 15 is 0 Å². The number of aromatic nitrogens is 1. The summed E-state index contributed by atoms with van der Waals surface area (Å²) < 4.78 is 0. The Balaban J connectivity index is 2.04. The zero-order valence-corrected chi connectivity index (χ0v) is 12.0. The van der Waals surface area contributed by atoms with Crippen molar-refractivity contribution in [2.24, 2.45) is 5.92 Å². The normalized spacial score (nSPS) is 12.9. The molecule has 0 aliphatic carbocycles. The summed E-state index contributed by atoms with van der Waals surface area (Å²) >= 11 is 1.81. The monoisotopic (exact) mass is 252 g/mol. The Labute approximate surface area is 110 Å². The van der Waals surface area contributed by atoms with Crippen LogP contribution >= 0.6 is 11.8 Å². The van der Waals surface area contributed by atoms with Crippen molar-refractivity contribution in [1.29, 1.82) is 0 Å². The number of hydrogen-bond donors (Lipinski definition) is 1. The van der Waals surface area contributed by atoms with Gasteiger partial charge in [-0.15, -0.1) is 11.8 Å². The van der Waals surface area contributed by atoms with Crippen LogP contribution in [0.3, 0.4) is 0 Å². The van der Waals surface area contributed by atoms with Crippen molar-refractivity contribution in [1.82, 2.24) is 10.3 Å². The quantitative estimate of drug-likeness (QED) is 0.565. The van der Waals surface area contributed by atoms with E-state index in [2.05, 4.69) is 37.1 Å². The standard InChI is InChI=1S/C14H24N2S/c1-12(2)7-8-13(3)15-10-11-17-14-6-4-5-9-16-14/h4-6,9,12-13,15H,7-8,10-11H2,1-3H3. The molecular formula is C14H24N2S.